The summed E-state index contributed by atoms with van der Waals surface area (Å²) in [4.78, 5) is 28.8. The molecule has 0 atom stereocenters. The molecule has 0 unspecified atom stereocenters. The molecule has 0 saturated heterocycles. The minimum atomic E-state index is -0.879. The molecule has 0 heterocycles. The van der Waals surface area contributed by atoms with Crippen LogP contribution in [0, 0.1) is 5.92 Å². The fourth-order valence-electron chi connectivity index (χ4n) is 1.58. The summed E-state index contributed by atoms with van der Waals surface area (Å²) in [6.07, 6.45) is 0.479. The second kappa shape index (κ2) is 19.5. The normalized spacial score (nSPS) is 8.83. The second-order valence-corrected chi connectivity index (χ2v) is 5.19. The number of aromatic carboxylic acids is 2. The molecule has 6 N–H and O–H groups in total. The molecule has 9 heteroatoms. The molecule has 0 bridgehead atoms. The third kappa shape index (κ3) is 16.6. The van der Waals surface area contributed by atoms with Crippen LogP contribution >= 0.6 is 0 Å². The maximum absolute atomic E-state index is 10.2. The first-order valence-corrected chi connectivity index (χ1v) is 8.34. The first kappa shape index (κ1) is 27.9. The zero-order chi connectivity index (χ0) is 22.5. The van der Waals surface area contributed by atoms with Gasteiger partial charge in [-0.1, -0.05) is 36.4 Å². The average molecular weight is 410 g/mol. The van der Waals surface area contributed by atoms with E-state index in [0.29, 0.717) is 17.5 Å². The van der Waals surface area contributed by atoms with Crippen LogP contribution in [0.15, 0.2) is 60.7 Å². The number of hydrogen-bond acceptors (Lipinski definition) is 6. The van der Waals surface area contributed by atoms with E-state index < -0.39 is 11.9 Å². The molecule has 0 aliphatic carbocycles. The second-order valence-electron chi connectivity index (χ2n) is 5.19. The Labute approximate surface area is 168 Å². The van der Waals surface area contributed by atoms with Gasteiger partial charge in [0.1, 0.15) is 0 Å². The zero-order valence-corrected chi connectivity index (χ0v) is 15.7. The molecule has 0 radical (unpaired) electrons. The van der Waals surface area contributed by atoms with Gasteiger partial charge in [-0.3, -0.25) is 4.79 Å². The number of hydrogen-bond donors (Lipinski definition) is 6. The molecule has 0 aromatic heterocycles. The standard InChI is InChI=1S/2C7H6O2.C5H12O3.CH2O2/c2*8-7(9)6-4-2-1-3-5-6;6-2-1-5(3-7)4-8;2-1-3/h2*1-5H,(H,8,9);5-8H,1-4H2;1H,(H,2,3). The Morgan fingerprint density at radius 3 is 1.21 bits per heavy atom. The Morgan fingerprint density at radius 1 is 0.759 bits per heavy atom. The van der Waals surface area contributed by atoms with Gasteiger partial charge in [0.05, 0.1) is 11.1 Å². The van der Waals surface area contributed by atoms with Crippen molar-refractivity contribution >= 4 is 18.4 Å². The Hall–Kier alpha value is -3.27. The van der Waals surface area contributed by atoms with Crippen LogP contribution in [-0.2, 0) is 4.79 Å². The van der Waals surface area contributed by atoms with E-state index in [4.69, 9.17) is 35.4 Å². The van der Waals surface area contributed by atoms with Crippen molar-refractivity contribution in [3.05, 3.63) is 71.8 Å². The minimum Gasteiger partial charge on any atom is -0.483 e. The number of rotatable bonds is 6. The third-order valence-electron chi connectivity index (χ3n) is 3.10. The molecule has 0 amide bonds. The predicted octanol–water partition coefficient (Wildman–Crippen LogP) is 1.44. The van der Waals surface area contributed by atoms with Crippen LogP contribution in [0.2, 0.25) is 0 Å². The monoisotopic (exact) mass is 410 g/mol. The molecule has 0 saturated carbocycles. The van der Waals surface area contributed by atoms with Crippen molar-refractivity contribution in [1.29, 1.82) is 0 Å². The van der Waals surface area contributed by atoms with Crippen LogP contribution in [0.4, 0.5) is 0 Å². The van der Waals surface area contributed by atoms with Gasteiger partial charge in [-0.05, 0) is 30.7 Å². The van der Waals surface area contributed by atoms with E-state index >= 15 is 0 Å². The Kier molecular flexibility index (Phi) is 18.8. The number of carboxylic acids is 2. The molecule has 2 rings (SSSR count). The third-order valence-corrected chi connectivity index (χ3v) is 3.10. The number of carboxylic acid groups (broad SMARTS) is 3. The fraction of sp³-hybridized carbons (Fsp3) is 0.250. The number of carbonyl (C=O) groups is 3. The van der Waals surface area contributed by atoms with Gasteiger partial charge < -0.3 is 30.6 Å². The molecule has 0 spiro atoms. The summed E-state index contributed by atoms with van der Waals surface area (Å²) in [5, 5.41) is 48.7. The van der Waals surface area contributed by atoms with E-state index in [9.17, 15) is 9.59 Å². The lowest BCUT2D eigenvalue weighted by molar-refractivity contribution is -0.122. The Balaban J connectivity index is 0. The summed E-state index contributed by atoms with van der Waals surface area (Å²) in [7, 11) is 0. The average Bonchev–Trinajstić information content (AvgIpc) is 2.74. The van der Waals surface area contributed by atoms with Crippen molar-refractivity contribution in [2.45, 2.75) is 6.42 Å². The highest BCUT2D eigenvalue weighted by Gasteiger charge is 2.02. The number of benzene rings is 2. The first-order valence-electron chi connectivity index (χ1n) is 8.34. The Bertz CT molecular complexity index is 607. The maximum atomic E-state index is 10.2. The quantitative estimate of drug-likeness (QED) is 0.385. The van der Waals surface area contributed by atoms with Crippen LogP contribution in [0.5, 0.6) is 0 Å². The van der Waals surface area contributed by atoms with E-state index in [-0.39, 0.29) is 32.2 Å². The van der Waals surface area contributed by atoms with Crippen molar-refractivity contribution in [1.82, 2.24) is 0 Å². The largest absolute Gasteiger partial charge is 0.483 e. The van der Waals surface area contributed by atoms with Crippen LogP contribution in [-0.4, -0.2) is 68.9 Å². The van der Waals surface area contributed by atoms with Gasteiger partial charge in [-0.15, -0.1) is 0 Å². The van der Waals surface area contributed by atoms with Gasteiger partial charge >= 0.3 is 11.9 Å². The highest BCUT2D eigenvalue weighted by atomic mass is 16.4. The fourth-order valence-corrected chi connectivity index (χ4v) is 1.58. The van der Waals surface area contributed by atoms with Crippen LogP contribution in [0.25, 0.3) is 0 Å². The van der Waals surface area contributed by atoms with Crippen molar-refractivity contribution in [3.63, 3.8) is 0 Å². The predicted molar refractivity (Wildman–Crippen MR) is 105 cm³/mol. The molecular weight excluding hydrogens is 384 g/mol. The molecule has 0 aliphatic heterocycles. The van der Waals surface area contributed by atoms with Crippen LogP contribution in [0.1, 0.15) is 27.1 Å². The number of aliphatic hydroxyl groups excluding tert-OH is 3. The molecule has 2 aromatic rings. The lowest BCUT2D eigenvalue weighted by Gasteiger charge is -2.06. The molecule has 2 aromatic carbocycles. The van der Waals surface area contributed by atoms with Crippen LogP contribution in [0.3, 0.4) is 0 Å². The van der Waals surface area contributed by atoms with Crippen molar-refractivity contribution in [3.8, 4) is 0 Å². The van der Waals surface area contributed by atoms with E-state index in [2.05, 4.69) is 0 Å². The van der Waals surface area contributed by atoms with Gasteiger partial charge in [0.25, 0.3) is 6.47 Å². The Morgan fingerprint density at radius 2 is 1.07 bits per heavy atom. The molecule has 9 nitrogen and oxygen atoms in total. The van der Waals surface area contributed by atoms with Crippen molar-refractivity contribution in [2.24, 2.45) is 5.92 Å². The van der Waals surface area contributed by atoms with Gasteiger partial charge in [0, 0.05) is 25.7 Å². The summed E-state index contributed by atoms with van der Waals surface area (Å²) < 4.78 is 0. The molecule has 0 aliphatic rings. The van der Waals surface area contributed by atoms with E-state index in [1.54, 1.807) is 60.7 Å². The summed E-state index contributed by atoms with van der Waals surface area (Å²) in [6, 6.07) is 16.6. The van der Waals surface area contributed by atoms with E-state index in [1.807, 2.05) is 0 Å². The van der Waals surface area contributed by atoms with Gasteiger partial charge in [0.15, 0.2) is 0 Å². The summed E-state index contributed by atoms with van der Waals surface area (Å²) in [5.74, 6) is -1.90. The minimum absolute atomic E-state index is 0.0335. The van der Waals surface area contributed by atoms with Gasteiger partial charge in [0.2, 0.25) is 0 Å². The lowest BCUT2D eigenvalue weighted by atomic mass is 10.1. The van der Waals surface area contributed by atoms with Gasteiger partial charge in [-0.25, -0.2) is 9.59 Å². The zero-order valence-electron chi connectivity index (χ0n) is 15.7. The smallest absolute Gasteiger partial charge is 0.335 e. The van der Waals surface area contributed by atoms with E-state index in [1.165, 1.54) is 0 Å². The topological polar surface area (TPSA) is 173 Å². The van der Waals surface area contributed by atoms with Gasteiger partial charge in [-0.2, -0.15) is 0 Å². The SMILES string of the molecule is O=C(O)c1ccccc1.O=C(O)c1ccccc1.O=CO.OCCC(CO)CO. The summed E-state index contributed by atoms with van der Waals surface area (Å²) in [5.41, 5.74) is 0.662. The molecule has 0 fully saturated rings. The number of aliphatic hydroxyl groups is 3. The summed E-state index contributed by atoms with van der Waals surface area (Å²) in [6.45, 7) is -0.306. The maximum Gasteiger partial charge on any atom is 0.335 e. The van der Waals surface area contributed by atoms with E-state index in [0.717, 1.165) is 0 Å². The van der Waals surface area contributed by atoms with Crippen molar-refractivity contribution < 1.29 is 45.0 Å². The van der Waals surface area contributed by atoms with Crippen LogP contribution < -0.4 is 0 Å². The summed E-state index contributed by atoms with van der Waals surface area (Å²) >= 11 is 0. The molecule has 29 heavy (non-hydrogen) atoms. The highest BCUT2D eigenvalue weighted by Crippen LogP contribution is 1.98. The first-order chi connectivity index (χ1) is 13.9. The molecule has 160 valence electrons. The highest BCUT2D eigenvalue weighted by molar-refractivity contribution is 5.87. The molecular formula is C20H26O9. The van der Waals surface area contributed by atoms with Crippen molar-refractivity contribution in [2.75, 3.05) is 19.8 Å². The lowest BCUT2D eigenvalue weighted by Crippen LogP contribution is -2.12.